The average molecular weight is 723 g/mol. The molecule has 11 nitrogen and oxygen atoms in total. The second-order valence-electron chi connectivity index (χ2n) is 14.4. The Balaban J connectivity index is 2.02. The standard InChI is InChI=1S/C38H58O11Si/c1-26(38(42)35(45-10)34(48-28(3)40)37(7,41)33(49-38)22-17-23-43-8)32(47-27(2)39)24-29(44-9)25-46-50(36(4,5)6,30-18-13-11-14-19-30)31-20-15-12-16-21-31/h11-16,18-21,26,29,32-35,41-42H,17,22-25H2,1-10H3/t26-,29+,32+,33-,34-,35-,37-,38+/m1/s1/i41+2,42+2. The molecule has 0 radical (unpaired) electrons. The van der Waals surface area contributed by atoms with Crippen molar-refractivity contribution in [2.45, 2.75) is 115 Å². The molecule has 1 heterocycles. The van der Waals surface area contributed by atoms with Crippen LogP contribution in [0, 0.1) is 5.92 Å². The largest absolute Gasteiger partial charge is 0.462 e. The lowest BCUT2D eigenvalue weighted by Crippen LogP contribution is -2.73. The summed E-state index contributed by atoms with van der Waals surface area (Å²) in [6, 6.07) is 20.5. The molecule has 2 N–H and O–H groups in total. The number of rotatable bonds is 17. The normalized spacial score (nSPS) is 26.1. The molecule has 0 aromatic heterocycles. The molecule has 12 heteroatoms. The minimum absolute atomic E-state index is 0.126. The maximum atomic E-state index is 12.6. The SMILES string of the molecule is COCCC[C@H]1O[C@@]([18OH])([C@H](C)[C@H](C[C@@H](CO[Si](c2ccccc2)(c2ccccc2)C(C)(C)C)OC)OC(C)=O)[C@H](OC)[C@@H](OC(C)=O)[C@]1(C)[18OH]. The van der Waals surface area contributed by atoms with Gasteiger partial charge in [-0.1, -0.05) is 88.4 Å². The van der Waals surface area contributed by atoms with Crippen LogP contribution in [0.15, 0.2) is 60.7 Å². The number of carbonyl (C=O) groups is 2. The highest BCUT2D eigenvalue weighted by Gasteiger charge is 2.64. The molecule has 0 aliphatic carbocycles. The zero-order chi connectivity index (χ0) is 37.3. The third-order valence-electron chi connectivity index (χ3n) is 9.86. The molecule has 1 aliphatic rings. The predicted octanol–water partition coefficient (Wildman–Crippen LogP) is 3.75. The van der Waals surface area contributed by atoms with Crippen molar-refractivity contribution in [1.29, 1.82) is 0 Å². The van der Waals surface area contributed by atoms with Gasteiger partial charge in [-0.05, 0) is 35.2 Å². The Morgan fingerprint density at radius 1 is 0.920 bits per heavy atom. The fourth-order valence-corrected chi connectivity index (χ4v) is 11.8. The van der Waals surface area contributed by atoms with E-state index in [1.165, 1.54) is 27.9 Å². The van der Waals surface area contributed by atoms with E-state index < -0.39 is 68.1 Å². The Bertz CT molecular complexity index is 1310. The zero-order valence-corrected chi connectivity index (χ0v) is 32.3. The minimum atomic E-state index is -2.94. The number of ether oxygens (including phenoxy) is 6. The fourth-order valence-electron chi connectivity index (χ4n) is 7.21. The van der Waals surface area contributed by atoms with E-state index in [0.717, 1.165) is 10.4 Å². The topological polar surface area (TPSA) is 139 Å². The number of benzene rings is 2. The summed E-state index contributed by atoms with van der Waals surface area (Å²) in [5.74, 6) is -4.37. The number of aliphatic hydroxyl groups is 2. The van der Waals surface area contributed by atoms with Crippen LogP contribution in [0.5, 0.6) is 0 Å². The first-order valence-corrected chi connectivity index (χ1v) is 19.2. The molecule has 280 valence electrons. The maximum Gasteiger partial charge on any atom is 0.303 e. The maximum absolute atomic E-state index is 12.6. The predicted molar refractivity (Wildman–Crippen MR) is 192 cm³/mol. The molecule has 0 spiro atoms. The molecule has 0 amide bonds. The van der Waals surface area contributed by atoms with E-state index in [1.807, 2.05) is 36.4 Å². The first-order chi connectivity index (χ1) is 23.5. The Morgan fingerprint density at radius 3 is 1.92 bits per heavy atom. The third kappa shape index (κ3) is 9.21. The summed E-state index contributed by atoms with van der Waals surface area (Å²) in [4.78, 5) is 24.8. The number of esters is 2. The minimum Gasteiger partial charge on any atom is -0.462 e. The van der Waals surface area contributed by atoms with Crippen LogP contribution in [0.1, 0.15) is 67.7 Å². The van der Waals surface area contributed by atoms with Gasteiger partial charge in [-0.2, -0.15) is 0 Å². The van der Waals surface area contributed by atoms with Gasteiger partial charge in [0.05, 0.1) is 24.7 Å². The molecular weight excluding hydrogens is 664 g/mol. The van der Waals surface area contributed by atoms with Crippen LogP contribution < -0.4 is 10.4 Å². The monoisotopic (exact) mass is 722 g/mol. The van der Waals surface area contributed by atoms with E-state index in [-0.39, 0.29) is 24.5 Å². The molecule has 50 heavy (non-hydrogen) atoms. The number of hydrogen-bond acceptors (Lipinski definition) is 11. The molecule has 8 atom stereocenters. The van der Waals surface area contributed by atoms with Crippen molar-refractivity contribution in [2.75, 3.05) is 34.5 Å². The van der Waals surface area contributed by atoms with Crippen LogP contribution in [-0.4, -0.2) is 107 Å². The van der Waals surface area contributed by atoms with Gasteiger partial charge in [-0.15, -0.1) is 0 Å². The van der Waals surface area contributed by atoms with E-state index in [1.54, 1.807) is 21.1 Å². The lowest BCUT2D eigenvalue weighted by Gasteiger charge is -2.55. The summed E-state index contributed by atoms with van der Waals surface area (Å²) in [5.41, 5.74) is -1.73. The Kier molecular flexibility index (Phi) is 14.8. The summed E-state index contributed by atoms with van der Waals surface area (Å²) < 4.78 is 41.9. The molecule has 2 aromatic rings. The molecular formula is C38H58O11Si. The highest BCUT2D eigenvalue weighted by molar-refractivity contribution is 6.99. The molecule has 0 unspecified atom stereocenters. The second kappa shape index (κ2) is 17.7. The average Bonchev–Trinajstić information content (AvgIpc) is 3.06. The van der Waals surface area contributed by atoms with E-state index in [2.05, 4.69) is 45.0 Å². The van der Waals surface area contributed by atoms with Gasteiger partial charge in [0.2, 0.25) is 5.79 Å². The van der Waals surface area contributed by atoms with Gasteiger partial charge in [-0.3, -0.25) is 9.59 Å². The molecule has 1 fully saturated rings. The van der Waals surface area contributed by atoms with Crippen molar-refractivity contribution in [3.63, 3.8) is 0 Å². The van der Waals surface area contributed by atoms with E-state index >= 15 is 0 Å². The summed E-state index contributed by atoms with van der Waals surface area (Å²) in [6.45, 7) is 12.8. The molecule has 2 aromatic carbocycles. The van der Waals surface area contributed by atoms with Crippen LogP contribution in [0.4, 0.5) is 0 Å². The Hall–Kier alpha value is -2.68. The van der Waals surface area contributed by atoms with Crippen molar-refractivity contribution in [3.05, 3.63) is 60.7 Å². The van der Waals surface area contributed by atoms with Crippen LogP contribution in [0.25, 0.3) is 0 Å². The van der Waals surface area contributed by atoms with Gasteiger partial charge in [0.15, 0.2) is 12.2 Å². The second-order valence-corrected chi connectivity index (χ2v) is 18.7. The van der Waals surface area contributed by atoms with Crippen LogP contribution in [-0.2, 0) is 42.4 Å². The highest BCUT2D eigenvalue weighted by Crippen LogP contribution is 2.45. The van der Waals surface area contributed by atoms with Crippen molar-refractivity contribution in [2.24, 2.45) is 5.92 Å². The smallest absolute Gasteiger partial charge is 0.303 e. The van der Waals surface area contributed by atoms with Crippen LogP contribution in [0.3, 0.4) is 0 Å². The van der Waals surface area contributed by atoms with Gasteiger partial charge < -0.3 is 43.1 Å². The molecule has 1 aliphatic heterocycles. The van der Waals surface area contributed by atoms with Crippen molar-refractivity contribution >= 4 is 30.6 Å². The van der Waals surface area contributed by atoms with E-state index in [0.29, 0.717) is 13.0 Å². The summed E-state index contributed by atoms with van der Waals surface area (Å²) in [6.07, 6.45) is -4.31. The van der Waals surface area contributed by atoms with Gasteiger partial charge in [0.25, 0.3) is 8.32 Å². The molecule has 0 bridgehead atoms. The first kappa shape index (κ1) is 41.7. The Labute approximate surface area is 298 Å². The van der Waals surface area contributed by atoms with Gasteiger partial charge in [-0.25, -0.2) is 0 Å². The van der Waals surface area contributed by atoms with Gasteiger partial charge >= 0.3 is 11.9 Å². The number of methoxy groups -OCH3 is 3. The zero-order valence-electron chi connectivity index (χ0n) is 31.3. The fraction of sp³-hybridized carbons (Fsp3) is 0.632. The summed E-state index contributed by atoms with van der Waals surface area (Å²) >= 11 is 0. The number of hydrogen-bond donors (Lipinski definition) is 2. The lowest BCUT2D eigenvalue weighted by atomic mass is 9.76. The molecule has 1 saturated heterocycles. The summed E-state index contributed by atoms with van der Waals surface area (Å²) in [5, 5.41) is 26.0. The third-order valence-corrected chi connectivity index (χ3v) is 14.9. The van der Waals surface area contributed by atoms with Crippen molar-refractivity contribution in [3.8, 4) is 0 Å². The van der Waals surface area contributed by atoms with Crippen LogP contribution >= 0.6 is 0 Å². The van der Waals surface area contributed by atoms with Crippen LogP contribution in [0.2, 0.25) is 5.04 Å². The Morgan fingerprint density at radius 2 is 1.48 bits per heavy atom. The van der Waals surface area contributed by atoms with E-state index in [9.17, 15) is 19.8 Å². The quantitative estimate of drug-likeness (QED) is 0.107. The first-order valence-electron chi connectivity index (χ1n) is 17.3. The van der Waals surface area contributed by atoms with Gasteiger partial charge in [0, 0.05) is 48.2 Å². The van der Waals surface area contributed by atoms with E-state index in [4.69, 9.17) is 32.8 Å². The van der Waals surface area contributed by atoms with Crippen molar-refractivity contribution < 1.29 is 52.6 Å². The summed E-state index contributed by atoms with van der Waals surface area (Å²) in [7, 11) is 1.53. The van der Waals surface area contributed by atoms with Crippen molar-refractivity contribution in [1.82, 2.24) is 0 Å². The number of carbonyl (C=O) groups excluding carboxylic acids is 2. The molecule has 3 rings (SSSR count). The molecule has 0 saturated carbocycles. The van der Waals surface area contributed by atoms with Gasteiger partial charge in [0.1, 0.15) is 11.7 Å². The highest BCUT2D eigenvalue weighted by atomic mass is 28.4. The lowest BCUT2D eigenvalue weighted by molar-refractivity contribution is -0.393.